The summed E-state index contributed by atoms with van der Waals surface area (Å²) < 4.78 is 6.92. The molecular formula is C25H26N4O5. The Morgan fingerprint density at radius 1 is 1.09 bits per heavy atom. The fraction of sp³-hybridized carbons (Fsp3) is 0.280. The minimum absolute atomic E-state index is 0.0377. The average Bonchev–Trinajstić information content (AvgIpc) is 3.39. The highest BCUT2D eigenvalue weighted by Crippen LogP contribution is 2.44. The molecular weight excluding hydrogens is 436 g/mol. The summed E-state index contributed by atoms with van der Waals surface area (Å²) in [6.45, 7) is 2.46. The van der Waals surface area contributed by atoms with Gasteiger partial charge in [0.25, 0.3) is 0 Å². The van der Waals surface area contributed by atoms with E-state index in [4.69, 9.17) is 9.84 Å². The number of rotatable bonds is 9. The summed E-state index contributed by atoms with van der Waals surface area (Å²) in [6, 6.07) is 16.2. The lowest BCUT2D eigenvalue weighted by Gasteiger charge is -2.19. The molecule has 4 rings (SSSR count). The Hall–Kier alpha value is -4.14. The van der Waals surface area contributed by atoms with Crippen molar-refractivity contribution in [3.8, 4) is 11.1 Å². The first-order valence-corrected chi connectivity index (χ1v) is 11.1. The normalized spacial score (nSPS) is 12.0. The molecule has 2 amide bonds. The molecule has 0 aliphatic heterocycles. The van der Waals surface area contributed by atoms with Gasteiger partial charge >= 0.3 is 12.1 Å². The number of likely N-dealkylation sites (N-methyl/N-ethyl adjacent to an activating group) is 1. The molecule has 1 heterocycles. The van der Waals surface area contributed by atoms with Crippen molar-refractivity contribution in [2.45, 2.75) is 25.8 Å². The Labute approximate surface area is 196 Å². The molecule has 0 spiro atoms. The van der Waals surface area contributed by atoms with Crippen LogP contribution in [-0.2, 0) is 20.9 Å². The first-order chi connectivity index (χ1) is 16.5. The average molecular weight is 463 g/mol. The van der Waals surface area contributed by atoms with Crippen molar-refractivity contribution in [3.63, 3.8) is 0 Å². The van der Waals surface area contributed by atoms with Crippen LogP contribution >= 0.6 is 0 Å². The van der Waals surface area contributed by atoms with Crippen LogP contribution in [0.1, 0.15) is 30.4 Å². The van der Waals surface area contributed by atoms with Crippen LogP contribution in [0.4, 0.5) is 10.5 Å². The number of carboxylic acid groups (broad SMARTS) is 1. The van der Waals surface area contributed by atoms with Gasteiger partial charge in [-0.25, -0.2) is 4.79 Å². The van der Waals surface area contributed by atoms with Crippen molar-refractivity contribution in [2.24, 2.45) is 0 Å². The molecule has 3 aromatic rings. The second-order valence-corrected chi connectivity index (χ2v) is 7.99. The number of ether oxygens (including phenoxy) is 1. The van der Waals surface area contributed by atoms with Crippen molar-refractivity contribution < 1.29 is 24.2 Å². The number of amides is 2. The maximum absolute atomic E-state index is 12.4. The van der Waals surface area contributed by atoms with Gasteiger partial charge in [0.1, 0.15) is 13.2 Å². The number of nitrogens with zero attached hydrogens (tertiary/aromatic N) is 3. The van der Waals surface area contributed by atoms with E-state index in [0.717, 1.165) is 22.3 Å². The molecule has 9 nitrogen and oxygen atoms in total. The molecule has 0 bridgehead atoms. The molecule has 1 aliphatic carbocycles. The van der Waals surface area contributed by atoms with Gasteiger partial charge in [0, 0.05) is 25.2 Å². The van der Waals surface area contributed by atoms with E-state index in [-0.39, 0.29) is 37.9 Å². The molecule has 176 valence electrons. The molecule has 2 aromatic carbocycles. The predicted molar refractivity (Wildman–Crippen MR) is 125 cm³/mol. The molecule has 0 saturated carbocycles. The minimum atomic E-state index is -0.958. The largest absolute Gasteiger partial charge is 0.481 e. The van der Waals surface area contributed by atoms with E-state index in [0.29, 0.717) is 12.2 Å². The SMILES string of the molecule is CCN(CCC(=O)O)C(=O)Cn1cc(NC(=O)OCC2c3ccccc3-c3ccccc32)cn1. The number of benzene rings is 2. The topological polar surface area (TPSA) is 114 Å². The standard InChI is InChI=1S/C25H26N4O5/c1-2-28(12-11-24(31)32)23(30)15-29-14-17(13-26-29)27-25(33)34-16-22-20-9-5-3-7-18(20)19-8-4-6-10-21(19)22/h3-10,13-14,22H,2,11-12,15-16H2,1H3,(H,27,33)(H,31,32). The maximum atomic E-state index is 12.4. The van der Waals surface area contributed by atoms with E-state index in [1.165, 1.54) is 22.0 Å². The second-order valence-electron chi connectivity index (χ2n) is 7.99. The number of carbonyl (C=O) groups excluding carboxylic acids is 2. The molecule has 2 N–H and O–H groups in total. The van der Waals surface area contributed by atoms with Crippen LogP contribution in [0.3, 0.4) is 0 Å². The van der Waals surface area contributed by atoms with Gasteiger partial charge in [-0.05, 0) is 29.2 Å². The summed E-state index contributed by atoms with van der Waals surface area (Å²) in [4.78, 5) is 37.0. The number of carboxylic acids is 1. The quantitative estimate of drug-likeness (QED) is 0.503. The summed E-state index contributed by atoms with van der Waals surface area (Å²) in [5.41, 5.74) is 4.97. The molecule has 0 saturated heterocycles. The van der Waals surface area contributed by atoms with Crippen molar-refractivity contribution >= 4 is 23.7 Å². The van der Waals surface area contributed by atoms with E-state index >= 15 is 0 Å². The van der Waals surface area contributed by atoms with Gasteiger partial charge in [-0.3, -0.25) is 19.6 Å². The van der Waals surface area contributed by atoms with Gasteiger partial charge in [-0.2, -0.15) is 5.10 Å². The van der Waals surface area contributed by atoms with E-state index in [1.54, 1.807) is 6.92 Å². The highest BCUT2D eigenvalue weighted by Gasteiger charge is 2.29. The van der Waals surface area contributed by atoms with Crippen molar-refractivity contribution in [2.75, 3.05) is 25.0 Å². The van der Waals surface area contributed by atoms with Gasteiger partial charge in [0.05, 0.1) is 18.3 Å². The highest BCUT2D eigenvalue weighted by atomic mass is 16.5. The van der Waals surface area contributed by atoms with Crippen molar-refractivity contribution in [1.29, 1.82) is 0 Å². The minimum Gasteiger partial charge on any atom is -0.481 e. The number of hydrogen-bond acceptors (Lipinski definition) is 5. The van der Waals surface area contributed by atoms with Gasteiger partial charge in [0.2, 0.25) is 5.91 Å². The third-order valence-corrected chi connectivity index (χ3v) is 5.85. The first-order valence-electron chi connectivity index (χ1n) is 11.1. The lowest BCUT2D eigenvalue weighted by Crippen LogP contribution is -2.35. The summed E-state index contributed by atoms with van der Waals surface area (Å²) in [7, 11) is 0. The monoisotopic (exact) mass is 462 g/mol. The zero-order valence-corrected chi connectivity index (χ0v) is 18.8. The van der Waals surface area contributed by atoms with Crippen LogP contribution < -0.4 is 5.32 Å². The Kier molecular flexibility index (Phi) is 6.91. The Morgan fingerprint density at radius 3 is 2.35 bits per heavy atom. The number of fused-ring (bicyclic) bond motifs is 3. The molecule has 0 radical (unpaired) electrons. The molecule has 0 fully saturated rings. The Balaban J connectivity index is 1.33. The van der Waals surface area contributed by atoms with Crippen LogP contribution in [0.15, 0.2) is 60.9 Å². The van der Waals surface area contributed by atoms with Gasteiger partial charge in [-0.15, -0.1) is 0 Å². The maximum Gasteiger partial charge on any atom is 0.411 e. The zero-order valence-electron chi connectivity index (χ0n) is 18.8. The van der Waals surface area contributed by atoms with Gasteiger partial charge in [0.15, 0.2) is 0 Å². The summed E-state index contributed by atoms with van der Waals surface area (Å²) in [5, 5.41) is 15.6. The van der Waals surface area contributed by atoms with Crippen LogP contribution in [0.5, 0.6) is 0 Å². The van der Waals surface area contributed by atoms with E-state index in [2.05, 4.69) is 34.7 Å². The Morgan fingerprint density at radius 2 is 1.74 bits per heavy atom. The number of nitrogens with one attached hydrogen (secondary N) is 1. The van der Waals surface area contributed by atoms with Gasteiger partial charge < -0.3 is 14.7 Å². The fourth-order valence-corrected chi connectivity index (χ4v) is 4.20. The molecule has 34 heavy (non-hydrogen) atoms. The number of anilines is 1. The van der Waals surface area contributed by atoms with E-state index in [9.17, 15) is 14.4 Å². The molecule has 1 aromatic heterocycles. The summed E-state index contributed by atoms with van der Waals surface area (Å²) in [5.74, 6) is -1.25. The number of aromatic nitrogens is 2. The second kappa shape index (κ2) is 10.2. The van der Waals surface area contributed by atoms with Crippen LogP contribution in [-0.4, -0.2) is 57.5 Å². The van der Waals surface area contributed by atoms with E-state index < -0.39 is 12.1 Å². The fourth-order valence-electron chi connectivity index (χ4n) is 4.20. The van der Waals surface area contributed by atoms with Gasteiger partial charge in [-0.1, -0.05) is 48.5 Å². The summed E-state index contributed by atoms with van der Waals surface area (Å²) >= 11 is 0. The number of hydrogen-bond donors (Lipinski definition) is 2. The van der Waals surface area contributed by atoms with Crippen molar-refractivity contribution in [3.05, 3.63) is 72.1 Å². The lowest BCUT2D eigenvalue weighted by molar-refractivity contribution is -0.138. The Bertz CT molecular complexity index is 1160. The third kappa shape index (κ3) is 5.09. The molecule has 0 atom stereocenters. The van der Waals surface area contributed by atoms with E-state index in [1.807, 2.05) is 24.3 Å². The number of carbonyl (C=O) groups is 3. The molecule has 9 heteroatoms. The predicted octanol–water partition coefficient (Wildman–Crippen LogP) is 3.57. The highest BCUT2D eigenvalue weighted by molar-refractivity contribution is 5.85. The molecule has 0 unspecified atom stereocenters. The summed E-state index contributed by atoms with van der Waals surface area (Å²) in [6.07, 6.45) is 2.24. The van der Waals surface area contributed by atoms with Crippen molar-refractivity contribution in [1.82, 2.24) is 14.7 Å². The van der Waals surface area contributed by atoms with Crippen LogP contribution in [0.25, 0.3) is 11.1 Å². The molecule has 1 aliphatic rings. The zero-order chi connectivity index (χ0) is 24.1. The lowest BCUT2D eigenvalue weighted by atomic mass is 9.98. The third-order valence-electron chi connectivity index (χ3n) is 5.85. The smallest absolute Gasteiger partial charge is 0.411 e. The first kappa shape index (κ1) is 23.0. The van der Waals surface area contributed by atoms with Crippen LogP contribution in [0, 0.1) is 0 Å². The number of aliphatic carboxylic acids is 1. The van der Waals surface area contributed by atoms with Crippen LogP contribution in [0.2, 0.25) is 0 Å².